The molecule has 0 saturated heterocycles. The van der Waals surface area contributed by atoms with E-state index in [-0.39, 0.29) is 0 Å². The van der Waals surface area contributed by atoms with Gasteiger partial charge in [0.05, 0.1) is 5.41 Å². The molecule has 10 rings (SSSR count). The van der Waals surface area contributed by atoms with E-state index in [4.69, 9.17) is 0 Å². The van der Waals surface area contributed by atoms with Gasteiger partial charge in [0, 0.05) is 17.1 Å². The van der Waals surface area contributed by atoms with E-state index in [0.717, 1.165) is 17.1 Å². The minimum Gasteiger partial charge on any atom is -0.310 e. The minimum absolute atomic E-state index is 0.490. The van der Waals surface area contributed by atoms with E-state index in [1.807, 2.05) is 0 Å². The lowest BCUT2D eigenvalue weighted by Crippen LogP contribution is -2.28. The molecule has 9 aromatic carbocycles. The number of hydrogen-bond donors (Lipinski definition) is 0. The molecule has 1 nitrogen and oxygen atoms in total. The Kier molecular flexibility index (Phi) is 8.46. The fraction of sp³-hybridized carbons (Fsp3) is 0.0182. The van der Waals surface area contributed by atoms with Gasteiger partial charge in [0.2, 0.25) is 0 Å². The molecule has 9 aromatic rings. The number of benzene rings is 9. The van der Waals surface area contributed by atoms with Crippen LogP contribution in [0.25, 0.3) is 44.5 Å². The molecule has 0 amide bonds. The first kappa shape index (κ1) is 33.4. The Balaban J connectivity index is 1.14. The average molecular weight is 714 g/mol. The topological polar surface area (TPSA) is 3.24 Å². The van der Waals surface area contributed by atoms with Gasteiger partial charge >= 0.3 is 0 Å². The standard InChI is InChI=1S/C55H39N/c1-4-16-40(17-5-1)42-30-32-44(33-31-42)45-20-14-24-49(38-45)56(48-36-34-43(35-37-48)41-18-6-2-7-19-41)50-25-15-23-47(39-50)55(46-21-8-3-9-22-46)53-28-12-10-26-51(53)52-27-11-13-29-54(52)55/h1-39H. The van der Waals surface area contributed by atoms with E-state index < -0.39 is 5.41 Å². The molecule has 56 heavy (non-hydrogen) atoms. The van der Waals surface area contributed by atoms with E-state index >= 15 is 0 Å². The Morgan fingerprint density at radius 3 is 1.21 bits per heavy atom. The molecule has 0 radical (unpaired) electrons. The van der Waals surface area contributed by atoms with Crippen LogP contribution in [-0.2, 0) is 5.41 Å². The Labute approximate surface area is 329 Å². The highest BCUT2D eigenvalue weighted by atomic mass is 15.1. The molecule has 0 aromatic heterocycles. The van der Waals surface area contributed by atoms with Crippen LogP contribution in [-0.4, -0.2) is 0 Å². The Morgan fingerprint density at radius 2 is 0.643 bits per heavy atom. The molecule has 0 atom stereocenters. The molecule has 0 bridgehead atoms. The lowest BCUT2D eigenvalue weighted by Gasteiger charge is -2.35. The predicted octanol–water partition coefficient (Wildman–Crippen LogP) is 14.5. The molecule has 0 saturated carbocycles. The molecular formula is C55H39N. The van der Waals surface area contributed by atoms with Crippen LogP contribution in [0.2, 0.25) is 0 Å². The van der Waals surface area contributed by atoms with Crippen LogP contribution in [0, 0.1) is 0 Å². The van der Waals surface area contributed by atoms with Gasteiger partial charge in [0.15, 0.2) is 0 Å². The summed E-state index contributed by atoms with van der Waals surface area (Å²) >= 11 is 0. The maximum atomic E-state index is 2.41. The van der Waals surface area contributed by atoms with Crippen molar-refractivity contribution in [2.45, 2.75) is 5.41 Å². The van der Waals surface area contributed by atoms with E-state index in [1.165, 1.54) is 66.8 Å². The summed E-state index contributed by atoms with van der Waals surface area (Å²) in [4.78, 5) is 2.41. The SMILES string of the molecule is c1ccc(-c2ccc(-c3cccc(N(c4ccc(-c5ccccc5)cc4)c4cccc(C5(c6ccccc6)c6ccccc6-c6ccccc65)c4)c3)cc2)cc1. The van der Waals surface area contributed by atoms with Crippen LogP contribution in [0.15, 0.2) is 237 Å². The predicted molar refractivity (Wildman–Crippen MR) is 235 cm³/mol. The van der Waals surface area contributed by atoms with Crippen molar-refractivity contribution >= 4 is 17.1 Å². The van der Waals surface area contributed by atoms with Crippen LogP contribution < -0.4 is 4.90 Å². The molecule has 0 spiro atoms. The third kappa shape index (κ3) is 5.73. The summed E-state index contributed by atoms with van der Waals surface area (Å²) in [5.41, 5.74) is 17.7. The molecule has 1 heteroatoms. The zero-order valence-corrected chi connectivity index (χ0v) is 31.0. The van der Waals surface area contributed by atoms with Crippen molar-refractivity contribution in [3.8, 4) is 44.5 Å². The first-order chi connectivity index (χ1) is 27.8. The Hall–Kier alpha value is -7.22. The van der Waals surface area contributed by atoms with Crippen LogP contribution >= 0.6 is 0 Å². The second kappa shape index (κ2) is 14.2. The minimum atomic E-state index is -0.490. The molecular weight excluding hydrogens is 675 g/mol. The van der Waals surface area contributed by atoms with Gasteiger partial charge < -0.3 is 4.90 Å². The largest absolute Gasteiger partial charge is 0.310 e. The first-order valence-electron chi connectivity index (χ1n) is 19.3. The second-order valence-corrected chi connectivity index (χ2v) is 14.5. The molecule has 0 heterocycles. The van der Waals surface area contributed by atoms with Crippen LogP contribution in [0.3, 0.4) is 0 Å². The molecule has 0 fully saturated rings. The van der Waals surface area contributed by atoms with E-state index in [2.05, 4.69) is 241 Å². The number of fused-ring (bicyclic) bond motifs is 3. The van der Waals surface area contributed by atoms with Gasteiger partial charge in [-0.2, -0.15) is 0 Å². The normalized spacial score (nSPS) is 12.4. The Morgan fingerprint density at radius 1 is 0.250 bits per heavy atom. The highest BCUT2D eigenvalue weighted by Gasteiger charge is 2.46. The molecule has 0 unspecified atom stereocenters. The van der Waals surface area contributed by atoms with Crippen molar-refractivity contribution in [1.29, 1.82) is 0 Å². The van der Waals surface area contributed by atoms with Gasteiger partial charge in [0.1, 0.15) is 0 Å². The van der Waals surface area contributed by atoms with Crippen molar-refractivity contribution in [3.05, 3.63) is 259 Å². The number of rotatable bonds is 8. The van der Waals surface area contributed by atoms with Gasteiger partial charge in [-0.25, -0.2) is 0 Å². The van der Waals surface area contributed by atoms with Crippen LogP contribution in [0.4, 0.5) is 17.1 Å². The van der Waals surface area contributed by atoms with Gasteiger partial charge in [-0.05, 0) is 103 Å². The fourth-order valence-electron chi connectivity index (χ4n) is 8.78. The molecule has 264 valence electrons. The number of anilines is 3. The summed E-state index contributed by atoms with van der Waals surface area (Å²) in [6.45, 7) is 0. The van der Waals surface area contributed by atoms with E-state index in [0.29, 0.717) is 0 Å². The van der Waals surface area contributed by atoms with Crippen molar-refractivity contribution in [3.63, 3.8) is 0 Å². The molecule has 0 N–H and O–H groups in total. The summed E-state index contributed by atoms with van der Waals surface area (Å²) in [7, 11) is 0. The highest BCUT2D eigenvalue weighted by Crippen LogP contribution is 2.56. The second-order valence-electron chi connectivity index (χ2n) is 14.5. The fourth-order valence-corrected chi connectivity index (χ4v) is 8.78. The van der Waals surface area contributed by atoms with E-state index in [9.17, 15) is 0 Å². The summed E-state index contributed by atoms with van der Waals surface area (Å²) in [6.07, 6.45) is 0. The quantitative estimate of drug-likeness (QED) is 0.152. The monoisotopic (exact) mass is 713 g/mol. The van der Waals surface area contributed by atoms with Gasteiger partial charge in [-0.1, -0.05) is 200 Å². The highest BCUT2D eigenvalue weighted by molar-refractivity contribution is 5.88. The summed E-state index contributed by atoms with van der Waals surface area (Å²) < 4.78 is 0. The summed E-state index contributed by atoms with van der Waals surface area (Å²) in [5.74, 6) is 0. The van der Waals surface area contributed by atoms with Gasteiger partial charge in [-0.3, -0.25) is 0 Å². The van der Waals surface area contributed by atoms with Crippen LogP contribution in [0.5, 0.6) is 0 Å². The number of hydrogen-bond acceptors (Lipinski definition) is 1. The zero-order chi connectivity index (χ0) is 37.3. The van der Waals surface area contributed by atoms with E-state index in [1.54, 1.807) is 0 Å². The third-order valence-corrected chi connectivity index (χ3v) is 11.4. The third-order valence-electron chi connectivity index (χ3n) is 11.4. The molecule has 1 aliphatic carbocycles. The maximum Gasteiger partial charge on any atom is 0.0714 e. The van der Waals surface area contributed by atoms with Crippen molar-refractivity contribution in [1.82, 2.24) is 0 Å². The average Bonchev–Trinajstić information content (AvgIpc) is 3.59. The molecule has 1 aliphatic rings. The first-order valence-corrected chi connectivity index (χ1v) is 19.3. The van der Waals surface area contributed by atoms with Crippen molar-refractivity contribution in [2.24, 2.45) is 0 Å². The van der Waals surface area contributed by atoms with Crippen molar-refractivity contribution < 1.29 is 0 Å². The lowest BCUT2D eigenvalue weighted by molar-refractivity contribution is 0.768. The van der Waals surface area contributed by atoms with Gasteiger partial charge in [0.25, 0.3) is 0 Å². The summed E-state index contributed by atoms with van der Waals surface area (Å²) in [6, 6.07) is 86.2. The Bertz CT molecular complexity index is 2720. The summed E-state index contributed by atoms with van der Waals surface area (Å²) in [5, 5.41) is 0. The molecule has 0 aliphatic heterocycles. The van der Waals surface area contributed by atoms with Crippen LogP contribution in [0.1, 0.15) is 22.3 Å². The zero-order valence-electron chi connectivity index (χ0n) is 31.0. The smallest absolute Gasteiger partial charge is 0.0714 e. The lowest BCUT2D eigenvalue weighted by atomic mass is 9.67. The number of nitrogens with zero attached hydrogens (tertiary/aromatic N) is 1. The maximum absolute atomic E-state index is 2.41. The van der Waals surface area contributed by atoms with Gasteiger partial charge in [-0.15, -0.1) is 0 Å². The van der Waals surface area contributed by atoms with Crippen molar-refractivity contribution in [2.75, 3.05) is 4.90 Å².